The van der Waals surface area contributed by atoms with Crippen LogP contribution in [0.2, 0.25) is 0 Å². The number of amides is 1. The molecule has 1 N–H and O–H groups in total. The van der Waals surface area contributed by atoms with E-state index in [-0.39, 0.29) is 36.5 Å². The zero-order valence-electron chi connectivity index (χ0n) is 24.1. The van der Waals surface area contributed by atoms with Gasteiger partial charge in [-0.25, -0.2) is 4.79 Å². The third-order valence-corrected chi connectivity index (χ3v) is 11.0. The summed E-state index contributed by atoms with van der Waals surface area (Å²) < 4.78 is 146. The van der Waals surface area contributed by atoms with E-state index >= 15 is 8.78 Å². The summed E-state index contributed by atoms with van der Waals surface area (Å²) in [6.45, 7) is 4.44. The van der Waals surface area contributed by atoms with Gasteiger partial charge in [-0.05, 0) is 40.0 Å². The first-order chi connectivity index (χ1) is 20.0. The molecule has 2 aromatic rings. The lowest BCUT2D eigenvalue weighted by Crippen LogP contribution is -2.61. The second kappa shape index (κ2) is 12.2. The fourth-order valence-electron chi connectivity index (χ4n) is 5.11. The van der Waals surface area contributed by atoms with Crippen LogP contribution < -0.4 is 10.6 Å². The first-order valence-electron chi connectivity index (χ1n) is 13.6. The van der Waals surface area contributed by atoms with Crippen molar-refractivity contribution in [1.82, 2.24) is 4.90 Å². The maximum Gasteiger partial charge on any atom is 0.460 e. The van der Waals surface area contributed by atoms with Crippen LogP contribution in [0.1, 0.15) is 46.5 Å². The fourth-order valence-corrected chi connectivity index (χ4v) is 8.56. The van der Waals surface area contributed by atoms with Crippen LogP contribution in [-0.4, -0.2) is 70.0 Å². The molecule has 246 valence electrons. The van der Waals surface area contributed by atoms with Crippen molar-refractivity contribution in [3.8, 4) is 0 Å². The maximum absolute atomic E-state index is 15.2. The molecular formula is C29H33F9NO4P. The lowest BCUT2D eigenvalue weighted by molar-refractivity contribution is -0.396. The topological polar surface area (TPSA) is 66.8 Å². The minimum absolute atomic E-state index is 0.160. The number of hydrogen-bond acceptors (Lipinski definition) is 4. The van der Waals surface area contributed by atoms with Crippen LogP contribution in [0.5, 0.6) is 0 Å². The molecule has 0 aromatic heterocycles. The molecule has 3 rings (SSSR count). The second-order valence-electron chi connectivity index (χ2n) is 11.9. The average Bonchev–Trinajstić information content (AvgIpc) is 2.91. The van der Waals surface area contributed by atoms with Crippen molar-refractivity contribution in [2.24, 2.45) is 0 Å². The molecule has 1 saturated heterocycles. The minimum atomic E-state index is -7.13. The Morgan fingerprint density at radius 1 is 0.841 bits per heavy atom. The highest BCUT2D eigenvalue weighted by atomic mass is 31.2. The van der Waals surface area contributed by atoms with Gasteiger partial charge in [-0.1, -0.05) is 60.7 Å². The van der Waals surface area contributed by atoms with E-state index in [1.165, 1.54) is 65.6 Å². The largest absolute Gasteiger partial charge is 0.460 e. The number of benzene rings is 2. The van der Waals surface area contributed by atoms with Crippen LogP contribution in [0.4, 0.5) is 44.3 Å². The summed E-state index contributed by atoms with van der Waals surface area (Å²) in [6.07, 6.45) is -11.8. The third-order valence-electron chi connectivity index (χ3n) is 7.46. The summed E-state index contributed by atoms with van der Waals surface area (Å²) in [5.41, 5.74) is -5.15. The number of carbonyl (C=O) groups excluding carboxylic acids is 1. The van der Waals surface area contributed by atoms with Crippen molar-refractivity contribution >= 4 is 23.8 Å². The smallest absolute Gasteiger partial charge is 0.444 e. The SMILES string of the molecule is CC(C)(C)OC(=O)N1CCC(O)(CC(CC(F)(F)C(F)(F)C(F)(F)C(F)(F)F)P(=O)(c2ccccc2)c2ccccc2)CC1. The van der Waals surface area contributed by atoms with E-state index in [4.69, 9.17) is 4.74 Å². The quantitative estimate of drug-likeness (QED) is 0.225. The number of likely N-dealkylation sites (tertiary alicyclic amines) is 1. The van der Waals surface area contributed by atoms with Crippen LogP contribution in [0, 0.1) is 0 Å². The van der Waals surface area contributed by atoms with Gasteiger partial charge in [0.15, 0.2) is 0 Å². The normalized spacial score (nSPS) is 17.7. The number of ether oxygens (including phenoxy) is 1. The highest BCUT2D eigenvalue weighted by Gasteiger charge is 2.81. The molecule has 0 spiro atoms. The molecular weight excluding hydrogens is 628 g/mol. The predicted molar refractivity (Wildman–Crippen MR) is 146 cm³/mol. The monoisotopic (exact) mass is 661 g/mol. The first kappa shape index (κ1) is 35.7. The molecule has 1 aliphatic heterocycles. The van der Waals surface area contributed by atoms with Gasteiger partial charge in [0.2, 0.25) is 0 Å². The molecule has 1 fully saturated rings. The van der Waals surface area contributed by atoms with Gasteiger partial charge in [-0.2, -0.15) is 39.5 Å². The van der Waals surface area contributed by atoms with Gasteiger partial charge in [0.1, 0.15) is 12.7 Å². The van der Waals surface area contributed by atoms with E-state index < -0.39 is 66.9 Å². The third kappa shape index (κ3) is 7.22. The summed E-state index contributed by atoms with van der Waals surface area (Å²) in [5.74, 6) is -20.1. The Morgan fingerprint density at radius 2 is 1.27 bits per heavy atom. The van der Waals surface area contributed by atoms with E-state index in [2.05, 4.69) is 0 Å². The van der Waals surface area contributed by atoms with E-state index in [0.29, 0.717) is 0 Å². The summed E-state index contributed by atoms with van der Waals surface area (Å²) in [6, 6.07) is 13.3. The lowest BCUT2D eigenvalue weighted by Gasteiger charge is -2.43. The van der Waals surface area contributed by atoms with E-state index in [9.17, 15) is 45.2 Å². The van der Waals surface area contributed by atoms with Gasteiger partial charge >= 0.3 is 30.0 Å². The molecule has 44 heavy (non-hydrogen) atoms. The van der Waals surface area contributed by atoms with E-state index in [0.717, 1.165) is 0 Å². The van der Waals surface area contributed by atoms with E-state index in [1.807, 2.05) is 0 Å². The van der Waals surface area contributed by atoms with Crippen LogP contribution >= 0.6 is 7.14 Å². The van der Waals surface area contributed by atoms with Crippen LogP contribution in [0.3, 0.4) is 0 Å². The van der Waals surface area contributed by atoms with Crippen LogP contribution in [0.15, 0.2) is 60.7 Å². The molecule has 2 aromatic carbocycles. The number of carbonyl (C=O) groups is 1. The average molecular weight is 662 g/mol. The van der Waals surface area contributed by atoms with Gasteiger partial charge in [0, 0.05) is 35.8 Å². The summed E-state index contributed by atoms with van der Waals surface area (Å²) in [7, 11) is -4.57. The van der Waals surface area contributed by atoms with Crippen molar-refractivity contribution < 1.29 is 58.7 Å². The highest BCUT2D eigenvalue weighted by molar-refractivity contribution is 7.79. The van der Waals surface area contributed by atoms with Crippen molar-refractivity contribution in [3.05, 3.63) is 60.7 Å². The molecule has 0 bridgehead atoms. The summed E-state index contributed by atoms with van der Waals surface area (Å²) in [5, 5.41) is 11.1. The van der Waals surface area contributed by atoms with E-state index in [1.54, 1.807) is 20.8 Å². The molecule has 1 unspecified atom stereocenters. The summed E-state index contributed by atoms with van der Waals surface area (Å²) >= 11 is 0. The Labute approximate surface area is 248 Å². The maximum atomic E-state index is 15.2. The molecule has 1 amide bonds. The second-order valence-corrected chi connectivity index (χ2v) is 15.0. The summed E-state index contributed by atoms with van der Waals surface area (Å²) in [4.78, 5) is 13.7. The van der Waals surface area contributed by atoms with Gasteiger partial charge in [-0.3, -0.25) is 0 Å². The first-order valence-corrected chi connectivity index (χ1v) is 15.4. The number of nitrogens with zero attached hydrogens (tertiary/aromatic N) is 1. The fraction of sp³-hybridized carbons (Fsp3) is 0.552. The van der Waals surface area contributed by atoms with Crippen molar-refractivity contribution in [1.29, 1.82) is 0 Å². The molecule has 0 radical (unpaired) electrons. The number of alkyl halides is 9. The Kier molecular flexibility index (Phi) is 9.93. The van der Waals surface area contributed by atoms with Crippen molar-refractivity contribution in [2.75, 3.05) is 13.1 Å². The van der Waals surface area contributed by atoms with Crippen LogP contribution in [-0.2, 0) is 9.30 Å². The zero-order valence-corrected chi connectivity index (χ0v) is 25.0. The highest BCUT2D eigenvalue weighted by Crippen LogP contribution is 2.60. The van der Waals surface area contributed by atoms with Crippen molar-refractivity contribution in [3.63, 3.8) is 0 Å². The molecule has 0 aliphatic carbocycles. The molecule has 1 aliphatic rings. The van der Waals surface area contributed by atoms with Gasteiger partial charge in [0.25, 0.3) is 0 Å². The van der Waals surface area contributed by atoms with Crippen molar-refractivity contribution in [2.45, 2.75) is 87.3 Å². The standard InChI is InChI=1S/C29H33F9NO4P/c1-24(2,3)43-23(40)39-16-14-25(41,15-17-39)18-22(19-26(30,31)27(32,33)28(34,35)29(36,37)38)44(42,20-10-6-4-7-11-20)21-12-8-5-9-13-21/h4-13,22,41H,14-19H2,1-3H3. The minimum Gasteiger partial charge on any atom is -0.444 e. The number of hydrogen-bond donors (Lipinski definition) is 1. The zero-order chi connectivity index (χ0) is 33.4. The molecule has 1 heterocycles. The Balaban J connectivity index is 2.10. The number of piperidine rings is 1. The van der Waals surface area contributed by atoms with Gasteiger partial charge in [-0.15, -0.1) is 0 Å². The Hall–Kier alpha value is -2.73. The molecule has 1 atom stereocenters. The van der Waals surface area contributed by atoms with Crippen LogP contribution in [0.25, 0.3) is 0 Å². The number of aliphatic hydroxyl groups is 1. The molecule has 5 nitrogen and oxygen atoms in total. The predicted octanol–water partition coefficient (Wildman–Crippen LogP) is 7.38. The Bertz CT molecular complexity index is 1280. The van der Waals surface area contributed by atoms with Gasteiger partial charge < -0.3 is 19.3 Å². The lowest BCUT2D eigenvalue weighted by atomic mass is 9.85. The molecule has 0 saturated carbocycles. The van der Waals surface area contributed by atoms with Gasteiger partial charge in [0.05, 0.1) is 5.60 Å². The number of halogens is 9. The number of rotatable bonds is 9. The molecule has 15 heteroatoms. The Morgan fingerprint density at radius 3 is 1.66 bits per heavy atom.